The maximum atomic E-state index is 13.2. The molecule has 2 N–H and O–H groups in total. The molecule has 2 aromatic carbocycles. The minimum atomic E-state index is -4.96. The monoisotopic (exact) mass is 504 g/mol. The van der Waals surface area contributed by atoms with E-state index in [1.165, 1.54) is 4.90 Å². The van der Waals surface area contributed by atoms with E-state index in [0.29, 0.717) is 12.1 Å². The number of likely N-dealkylation sites (tertiary alicyclic amines) is 1. The van der Waals surface area contributed by atoms with Gasteiger partial charge in [0.25, 0.3) is 0 Å². The Morgan fingerprint density at radius 3 is 2.14 bits per heavy atom. The van der Waals surface area contributed by atoms with Gasteiger partial charge >= 0.3 is 24.4 Å². The minimum absolute atomic E-state index is 0.0600. The fourth-order valence-electron chi connectivity index (χ4n) is 3.90. The molecule has 0 bridgehead atoms. The fourth-order valence-corrected chi connectivity index (χ4v) is 3.90. The van der Waals surface area contributed by atoms with E-state index in [9.17, 15) is 35.9 Å². The summed E-state index contributed by atoms with van der Waals surface area (Å²) in [5.41, 5.74) is -2.36. The van der Waals surface area contributed by atoms with Crippen LogP contribution in [0.2, 0.25) is 0 Å². The summed E-state index contributed by atoms with van der Waals surface area (Å²) in [5.74, 6) is -1.65. The molecule has 6 nitrogen and oxygen atoms in total. The first-order chi connectivity index (χ1) is 16.3. The molecule has 2 atom stereocenters. The lowest BCUT2D eigenvalue weighted by Gasteiger charge is -2.38. The summed E-state index contributed by atoms with van der Waals surface area (Å²) < 4.78 is 84.8. The molecule has 35 heavy (non-hydrogen) atoms. The Balaban J connectivity index is 1.80. The number of nitrogens with zero attached hydrogens (tertiary/aromatic N) is 1. The van der Waals surface area contributed by atoms with Crippen LogP contribution in [0.25, 0.3) is 0 Å². The first kappa shape index (κ1) is 26.3. The zero-order valence-corrected chi connectivity index (χ0v) is 18.2. The van der Waals surface area contributed by atoms with Crippen molar-refractivity contribution in [2.45, 2.75) is 37.4 Å². The second-order valence-electron chi connectivity index (χ2n) is 8.07. The first-order valence-electron chi connectivity index (χ1n) is 10.5. The van der Waals surface area contributed by atoms with E-state index in [1.54, 1.807) is 30.3 Å². The van der Waals surface area contributed by atoms with Gasteiger partial charge in [0.15, 0.2) is 0 Å². The van der Waals surface area contributed by atoms with Crippen LogP contribution in [0.3, 0.4) is 0 Å². The topological polar surface area (TPSA) is 78.9 Å². The van der Waals surface area contributed by atoms with E-state index < -0.39 is 60.7 Å². The van der Waals surface area contributed by atoms with Crippen LogP contribution in [0, 0.1) is 0 Å². The summed E-state index contributed by atoms with van der Waals surface area (Å²) in [4.78, 5) is 24.4. The SMILES string of the molecule is O=C(O)CNC(=O)N1CCC(OCc2cc(C(F)(F)F)cc(C(F)(F)F)c2)C(c2ccccc2)C1. The summed E-state index contributed by atoms with van der Waals surface area (Å²) in [6, 6.07) is 9.52. The number of carbonyl (C=O) groups excluding carboxylic acids is 1. The second-order valence-corrected chi connectivity index (χ2v) is 8.07. The van der Waals surface area contributed by atoms with E-state index in [-0.39, 0.29) is 31.1 Å². The predicted octanol–water partition coefficient (Wildman–Crippen LogP) is 4.89. The van der Waals surface area contributed by atoms with Gasteiger partial charge in [0, 0.05) is 19.0 Å². The van der Waals surface area contributed by atoms with Crippen molar-refractivity contribution in [3.8, 4) is 0 Å². The van der Waals surface area contributed by atoms with Crippen LogP contribution in [-0.4, -0.2) is 47.7 Å². The number of carbonyl (C=O) groups is 2. The number of aliphatic carboxylic acids is 1. The first-order valence-corrected chi connectivity index (χ1v) is 10.5. The molecule has 1 aliphatic heterocycles. The highest BCUT2D eigenvalue weighted by molar-refractivity contribution is 5.80. The molecule has 1 aliphatic rings. The number of carboxylic acid groups (broad SMARTS) is 1. The highest BCUT2D eigenvalue weighted by Crippen LogP contribution is 2.37. The van der Waals surface area contributed by atoms with Crippen LogP contribution in [0.1, 0.15) is 34.6 Å². The third-order valence-electron chi connectivity index (χ3n) is 5.57. The van der Waals surface area contributed by atoms with Crippen molar-refractivity contribution in [1.29, 1.82) is 0 Å². The highest BCUT2D eigenvalue weighted by Gasteiger charge is 2.37. The van der Waals surface area contributed by atoms with Crippen molar-refractivity contribution in [3.05, 3.63) is 70.8 Å². The summed E-state index contributed by atoms with van der Waals surface area (Å²) in [7, 11) is 0. The van der Waals surface area contributed by atoms with Crippen LogP contribution in [0.5, 0.6) is 0 Å². The summed E-state index contributed by atoms with van der Waals surface area (Å²) in [6.45, 7) is -0.777. The fraction of sp³-hybridized carbons (Fsp3) is 0.391. The van der Waals surface area contributed by atoms with Gasteiger partial charge in [-0.3, -0.25) is 4.79 Å². The van der Waals surface area contributed by atoms with Crippen molar-refractivity contribution in [1.82, 2.24) is 10.2 Å². The third kappa shape index (κ3) is 7.10. The summed E-state index contributed by atoms with van der Waals surface area (Å²) in [6.07, 6.45) is -10.3. The Morgan fingerprint density at radius 1 is 1.00 bits per heavy atom. The molecule has 3 rings (SSSR count). The molecule has 2 unspecified atom stereocenters. The molecule has 1 fully saturated rings. The molecular formula is C23H22F6N2O4. The molecule has 0 aliphatic carbocycles. The minimum Gasteiger partial charge on any atom is -0.480 e. The lowest BCUT2D eigenvalue weighted by Crippen LogP contribution is -2.50. The molecule has 0 saturated carbocycles. The van der Waals surface area contributed by atoms with Gasteiger partial charge in [0.1, 0.15) is 6.54 Å². The molecule has 2 amide bonds. The van der Waals surface area contributed by atoms with Gasteiger partial charge in [-0.15, -0.1) is 0 Å². The van der Waals surface area contributed by atoms with E-state index in [2.05, 4.69) is 5.32 Å². The Hall–Kier alpha value is -3.28. The molecule has 2 aromatic rings. The number of piperidine rings is 1. The number of amides is 2. The van der Waals surface area contributed by atoms with Crippen molar-refractivity contribution in [3.63, 3.8) is 0 Å². The van der Waals surface area contributed by atoms with Gasteiger partial charge in [-0.1, -0.05) is 30.3 Å². The van der Waals surface area contributed by atoms with Crippen LogP contribution in [0.15, 0.2) is 48.5 Å². The van der Waals surface area contributed by atoms with Crippen molar-refractivity contribution in [2.75, 3.05) is 19.6 Å². The number of ether oxygens (including phenoxy) is 1. The number of urea groups is 1. The number of benzene rings is 2. The summed E-state index contributed by atoms with van der Waals surface area (Å²) >= 11 is 0. The van der Waals surface area contributed by atoms with E-state index in [4.69, 9.17) is 9.84 Å². The van der Waals surface area contributed by atoms with Crippen LogP contribution in [0.4, 0.5) is 31.1 Å². The maximum absolute atomic E-state index is 13.2. The van der Waals surface area contributed by atoms with E-state index in [0.717, 1.165) is 5.56 Å². The maximum Gasteiger partial charge on any atom is 0.416 e. The average Bonchev–Trinajstić information content (AvgIpc) is 2.80. The molecular weight excluding hydrogens is 482 g/mol. The highest BCUT2D eigenvalue weighted by atomic mass is 19.4. The smallest absolute Gasteiger partial charge is 0.416 e. The summed E-state index contributed by atoms with van der Waals surface area (Å²) in [5, 5.41) is 11.0. The Morgan fingerprint density at radius 2 is 1.60 bits per heavy atom. The molecule has 0 aromatic heterocycles. The number of hydrogen-bond donors (Lipinski definition) is 2. The number of alkyl halides is 6. The zero-order chi connectivity index (χ0) is 25.8. The molecule has 0 spiro atoms. The van der Waals surface area contributed by atoms with Crippen LogP contribution >= 0.6 is 0 Å². The molecule has 12 heteroatoms. The lowest BCUT2D eigenvalue weighted by molar-refractivity contribution is -0.143. The number of carboxylic acids is 1. The second kappa shape index (κ2) is 10.5. The third-order valence-corrected chi connectivity index (χ3v) is 5.57. The number of nitrogens with one attached hydrogen (secondary N) is 1. The average molecular weight is 504 g/mol. The van der Waals surface area contributed by atoms with Crippen LogP contribution < -0.4 is 5.32 Å². The van der Waals surface area contributed by atoms with Crippen molar-refractivity contribution >= 4 is 12.0 Å². The van der Waals surface area contributed by atoms with Gasteiger partial charge in [0.05, 0.1) is 23.8 Å². The Bertz CT molecular complexity index is 1010. The van der Waals surface area contributed by atoms with Gasteiger partial charge in [-0.25, -0.2) is 4.79 Å². The van der Waals surface area contributed by atoms with Gasteiger partial charge < -0.3 is 20.1 Å². The van der Waals surface area contributed by atoms with E-state index >= 15 is 0 Å². The predicted molar refractivity (Wildman–Crippen MR) is 111 cm³/mol. The number of hydrogen-bond acceptors (Lipinski definition) is 3. The zero-order valence-electron chi connectivity index (χ0n) is 18.2. The van der Waals surface area contributed by atoms with Gasteiger partial charge in [0.2, 0.25) is 0 Å². The Kier molecular flexibility index (Phi) is 7.93. The molecule has 1 saturated heterocycles. The van der Waals surface area contributed by atoms with Gasteiger partial charge in [-0.05, 0) is 35.7 Å². The lowest BCUT2D eigenvalue weighted by atomic mass is 9.88. The quantitative estimate of drug-likeness (QED) is 0.549. The van der Waals surface area contributed by atoms with E-state index in [1.807, 2.05) is 0 Å². The van der Waals surface area contributed by atoms with Gasteiger partial charge in [-0.2, -0.15) is 26.3 Å². The molecule has 190 valence electrons. The molecule has 0 radical (unpaired) electrons. The Labute approximate surface area is 196 Å². The number of halogens is 6. The number of rotatable bonds is 6. The normalized spacial score (nSPS) is 18.9. The van der Waals surface area contributed by atoms with Crippen molar-refractivity contribution < 1.29 is 45.8 Å². The molecule has 1 heterocycles. The van der Waals surface area contributed by atoms with Crippen molar-refractivity contribution in [2.24, 2.45) is 0 Å². The van der Waals surface area contributed by atoms with Crippen LogP contribution in [-0.2, 0) is 28.5 Å². The largest absolute Gasteiger partial charge is 0.480 e. The standard InChI is InChI=1S/C23H22F6N2O4/c24-22(25,26)16-8-14(9-17(10-16)23(27,28)29)13-35-19-6-7-31(21(34)30-11-20(32)33)12-18(19)15-4-2-1-3-5-15/h1-5,8-10,18-19H,6-7,11-13H2,(H,30,34)(H,32,33).